The van der Waals surface area contributed by atoms with Crippen LogP contribution in [0.1, 0.15) is 30.0 Å². The third kappa shape index (κ3) is 4.89. The van der Waals surface area contributed by atoms with Gasteiger partial charge < -0.3 is 4.90 Å². The maximum Gasteiger partial charge on any atom is 0.0602 e. The van der Waals surface area contributed by atoms with Crippen molar-refractivity contribution in [1.29, 1.82) is 0 Å². The van der Waals surface area contributed by atoms with Gasteiger partial charge in [0.15, 0.2) is 0 Å². The molecule has 2 heterocycles. The second-order valence-electron chi connectivity index (χ2n) is 7.58. The van der Waals surface area contributed by atoms with Crippen LogP contribution >= 0.6 is 0 Å². The maximum atomic E-state index is 4.28. The first-order chi connectivity index (χ1) is 13.9. The second-order valence-corrected chi connectivity index (χ2v) is 7.58. The summed E-state index contributed by atoms with van der Waals surface area (Å²) in [6.07, 6.45) is 6.33. The number of nitrogens with zero attached hydrogens (tertiary/aromatic N) is 4. The van der Waals surface area contributed by atoms with Crippen LogP contribution in [0.5, 0.6) is 0 Å². The molecule has 0 saturated carbocycles. The summed E-state index contributed by atoms with van der Waals surface area (Å²) in [5.41, 5.74) is 2.78. The van der Waals surface area contributed by atoms with Crippen LogP contribution in [0.15, 0.2) is 79.1 Å². The molecule has 0 spiro atoms. The fourth-order valence-corrected chi connectivity index (χ4v) is 4.17. The molecule has 4 nitrogen and oxygen atoms in total. The Hall–Kier alpha value is -2.43. The molecule has 1 aliphatic rings. The number of aryl methyl sites for hydroxylation is 1. The summed E-state index contributed by atoms with van der Waals surface area (Å²) in [7, 11) is 0. The largest absolute Gasteiger partial charge is 0.301 e. The molecular formula is C24H30N4. The molecule has 0 amide bonds. The summed E-state index contributed by atoms with van der Waals surface area (Å²) in [5, 5.41) is 4.28. The van der Waals surface area contributed by atoms with Gasteiger partial charge in [0.1, 0.15) is 0 Å². The molecule has 0 bridgehead atoms. The van der Waals surface area contributed by atoms with Crippen LogP contribution in [0, 0.1) is 0 Å². The lowest BCUT2D eigenvalue weighted by Crippen LogP contribution is -2.48. The number of aromatic nitrogens is 2. The standard InChI is InChI=1S/C24H30N4/c1-3-10-22(11-4-1)24(23-12-5-2-6-13-23)27-20-18-26(19-21-27)15-7-8-16-28-17-9-14-25-28/h1-6,9-14,17,24H,7-8,15-16,18-21H2. The summed E-state index contributed by atoms with van der Waals surface area (Å²) in [4.78, 5) is 5.26. The topological polar surface area (TPSA) is 24.3 Å². The number of hydrogen-bond donors (Lipinski definition) is 0. The van der Waals surface area contributed by atoms with Gasteiger partial charge in [-0.1, -0.05) is 60.7 Å². The van der Waals surface area contributed by atoms with Gasteiger partial charge in [-0.3, -0.25) is 9.58 Å². The van der Waals surface area contributed by atoms with Crippen LogP contribution in [0.3, 0.4) is 0 Å². The van der Waals surface area contributed by atoms with Gasteiger partial charge in [0.2, 0.25) is 0 Å². The van der Waals surface area contributed by atoms with E-state index in [2.05, 4.69) is 75.6 Å². The van der Waals surface area contributed by atoms with E-state index in [0.29, 0.717) is 6.04 Å². The first-order valence-electron chi connectivity index (χ1n) is 10.4. The zero-order valence-corrected chi connectivity index (χ0v) is 16.5. The Morgan fingerprint density at radius 1 is 0.714 bits per heavy atom. The minimum atomic E-state index is 0.351. The number of unbranched alkanes of at least 4 members (excludes halogenated alkanes) is 1. The third-order valence-electron chi connectivity index (χ3n) is 5.67. The molecule has 0 unspecified atom stereocenters. The van der Waals surface area contributed by atoms with Crippen LogP contribution < -0.4 is 0 Å². The van der Waals surface area contributed by atoms with E-state index in [9.17, 15) is 0 Å². The van der Waals surface area contributed by atoms with E-state index in [0.717, 1.165) is 32.7 Å². The minimum absolute atomic E-state index is 0.351. The van der Waals surface area contributed by atoms with E-state index < -0.39 is 0 Å². The van der Waals surface area contributed by atoms with Gasteiger partial charge in [-0.25, -0.2) is 0 Å². The van der Waals surface area contributed by atoms with E-state index in [4.69, 9.17) is 0 Å². The highest BCUT2D eigenvalue weighted by Crippen LogP contribution is 2.29. The monoisotopic (exact) mass is 374 g/mol. The van der Waals surface area contributed by atoms with Gasteiger partial charge in [-0.2, -0.15) is 5.10 Å². The van der Waals surface area contributed by atoms with Gasteiger partial charge in [0.25, 0.3) is 0 Å². The lowest BCUT2D eigenvalue weighted by Gasteiger charge is -2.39. The molecule has 0 aliphatic carbocycles. The highest BCUT2D eigenvalue weighted by Gasteiger charge is 2.25. The van der Waals surface area contributed by atoms with E-state index in [1.54, 1.807) is 0 Å². The Morgan fingerprint density at radius 2 is 1.32 bits per heavy atom. The summed E-state index contributed by atoms with van der Waals surface area (Å²) in [6, 6.07) is 24.2. The van der Waals surface area contributed by atoms with Crippen molar-refractivity contribution in [3.8, 4) is 0 Å². The Bertz CT molecular complexity index is 754. The average molecular weight is 375 g/mol. The third-order valence-corrected chi connectivity index (χ3v) is 5.67. The van der Waals surface area contributed by atoms with Crippen molar-refractivity contribution in [3.05, 3.63) is 90.3 Å². The lowest BCUT2D eigenvalue weighted by molar-refractivity contribution is 0.108. The normalized spacial score (nSPS) is 15.9. The number of benzene rings is 2. The molecule has 2 aromatic carbocycles. The highest BCUT2D eigenvalue weighted by atomic mass is 15.3. The fraction of sp³-hybridized carbons (Fsp3) is 0.375. The summed E-state index contributed by atoms with van der Waals surface area (Å²) in [6.45, 7) is 6.75. The predicted molar refractivity (Wildman–Crippen MR) is 114 cm³/mol. The first kappa shape index (κ1) is 18.9. The molecule has 28 heavy (non-hydrogen) atoms. The molecule has 0 atom stereocenters. The SMILES string of the molecule is c1ccc(C(c2ccccc2)N2CCN(CCCCn3cccn3)CC2)cc1. The molecule has 1 saturated heterocycles. The lowest BCUT2D eigenvalue weighted by atomic mass is 9.96. The molecule has 4 heteroatoms. The van der Waals surface area contributed by atoms with Crippen molar-refractivity contribution >= 4 is 0 Å². The van der Waals surface area contributed by atoms with Crippen molar-refractivity contribution in [3.63, 3.8) is 0 Å². The van der Waals surface area contributed by atoms with E-state index >= 15 is 0 Å². The fourth-order valence-electron chi connectivity index (χ4n) is 4.17. The number of rotatable bonds is 8. The van der Waals surface area contributed by atoms with Crippen molar-refractivity contribution in [1.82, 2.24) is 19.6 Å². The van der Waals surface area contributed by atoms with Crippen LogP contribution in [0.25, 0.3) is 0 Å². The zero-order valence-electron chi connectivity index (χ0n) is 16.5. The smallest absolute Gasteiger partial charge is 0.0602 e. The zero-order chi connectivity index (χ0) is 19.0. The Balaban J connectivity index is 1.32. The van der Waals surface area contributed by atoms with Crippen LogP contribution in [0.2, 0.25) is 0 Å². The predicted octanol–water partition coefficient (Wildman–Crippen LogP) is 4.07. The van der Waals surface area contributed by atoms with Crippen LogP contribution in [-0.2, 0) is 6.54 Å². The molecule has 0 N–H and O–H groups in total. The molecule has 0 radical (unpaired) electrons. The van der Waals surface area contributed by atoms with Crippen molar-refractivity contribution < 1.29 is 0 Å². The molecule has 1 fully saturated rings. The second kappa shape index (κ2) is 9.67. The van der Waals surface area contributed by atoms with Gasteiger partial charge in [-0.15, -0.1) is 0 Å². The Labute approximate surface area is 168 Å². The Kier molecular flexibility index (Phi) is 6.53. The number of piperazine rings is 1. The van der Waals surface area contributed by atoms with Gasteiger partial charge in [0, 0.05) is 45.1 Å². The quantitative estimate of drug-likeness (QED) is 0.556. The minimum Gasteiger partial charge on any atom is -0.301 e. The van der Waals surface area contributed by atoms with E-state index in [-0.39, 0.29) is 0 Å². The van der Waals surface area contributed by atoms with E-state index in [1.807, 2.05) is 23.1 Å². The number of hydrogen-bond acceptors (Lipinski definition) is 3. The molecule has 1 aromatic heterocycles. The van der Waals surface area contributed by atoms with Crippen molar-refractivity contribution in [2.45, 2.75) is 25.4 Å². The van der Waals surface area contributed by atoms with Crippen LogP contribution in [0.4, 0.5) is 0 Å². The average Bonchev–Trinajstić information content (AvgIpc) is 3.28. The maximum absolute atomic E-state index is 4.28. The molecular weight excluding hydrogens is 344 g/mol. The molecule has 1 aliphatic heterocycles. The first-order valence-corrected chi connectivity index (χ1v) is 10.4. The highest BCUT2D eigenvalue weighted by molar-refractivity contribution is 5.31. The summed E-state index contributed by atoms with van der Waals surface area (Å²) < 4.78 is 2.03. The summed E-state index contributed by atoms with van der Waals surface area (Å²) >= 11 is 0. The van der Waals surface area contributed by atoms with Crippen LogP contribution in [-0.4, -0.2) is 52.3 Å². The van der Waals surface area contributed by atoms with E-state index in [1.165, 1.54) is 30.5 Å². The van der Waals surface area contributed by atoms with Gasteiger partial charge in [-0.05, 0) is 36.6 Å². The Morgan fingerprint density at radius 3 is 1.89 bits per heavy atom. The van der Waals surface area contributed by atoms with Crippen molar-refractivity contribution in [2.75, 3.05) is 32.7 Å². The molecule has 146 valence electrons. The summed E-state index contributed by atoms with van der Waals surface area (Å²) in [5.74, 6) is 0. The van der Waals surface area contributed by atoms with Crippen molar-refractivity contribution in [2.24, 2.45) is 0 Å². The molecule has 4 rings (SSSR count). The van der Waals surface area contributed by atoms with Gasteiger partial charge >= 0.3 is 0 Å². The molecule has 3 aromatic rings. The van der Waals surface area contributed by atoms with Gasteiger partial charge in [0.05, 0.1) is 6.04 Å².